The molecule has 26 nitrogen and oxygen atoms in total. The van der Waals surface area contributed by atoms with Gasteiger partial charge in [-0.3, -0.25) is 47.7 Å². The molecule has 0 bridgehead atoms. The molecule has 0 aliphatic heterocycles. The summed E-state index contributed by atoms with van der Waals surface area (Å²) >= 11 is 0. The number of amides is 2. The number of hydrogen-bond acceptors (Lipinski definition) is 22. The van der Waals surface area contributed by atoms with Crippen LogP contribution in [0.1, 0.15) is 36.1 Å². The zero-order chi connectivity index (χ0) is 54.1. The molecule has 384 valence electrons. The molecule has 0 heterocycles. The predicted molar refractivity (Wildman–Crippen MR) is 237 cm³/mol. The summed E-state index contributed by atoms with van der Waals surface area (Å²) in [5, 5.41) is 133. The van der Waals surface area contributed by atoms with Crippen molar-refractivity contribution in [3.8, 4) is 11.5 Å². The quantitative estimate of drug-likeness (QED) is 0.105. The van der Waals surface area contributed by atoms with Gasteiger partial charge in [0.05, 0.1) is 81.4 Å². The van der Waals surface area contributed by atoms with Gasteiger partial charge >= 0.3 is 10.4 Å². The molecule has 0 radical (unpaired) electrons. The maximum atomic E-state index is 13.7. The van der Waals surface area contributed by atoms with Crippen LogP contribution in [0.2, 0.25) is 0 Å². The Hall–Kier alpha value is -6.63. The first kappa shape index (κ1) is 53.7. The standard InChI is InChI=1S/2C22H24N2O9.H2O4S/c2*1-21(32)7-5-4-6-8(25)9(7)15(26)10-12(21)17(28)13-14(24(2)3)16(27)11(20(23)31)19(30)22(13,33)18(10)29;1-5(2,3)4/h2*4-6,12-14,17,25-26,28,30,32-33H,1-3H3,(H2,23,31);(H2,1,2,3,4)/t2*12-,13-,14+,17+,21-,22+;/m11./s1. The number of rotatable bonds is 4. The highest BCUT2D eigenvalue weighted by atomic mass is 32.3. The fraction of sp³-hybridized carbons (Fsp3) is 0.409. The van der Waals surface area contributed by atoms with Crippen molar-refractivity contribution in [2.45, 2.75) is 60.5 Å². The second-order valence-electron chi connectivity index (χ2n) is 18.6. The Bertz CT molecular complexity index is 2800. The van der Waals surface area contributed by atoms with E-state index >= 15 is 0 Å². The molecule has 2 fully saturated rings. The number of aliphatic hydroxyl groups excluding tert-OH is 6. The van der Waals surface area contributed by atoms with Gasteiger partial charge in [0.15, 0.2) is 22.8 Å². The summed E-state index contributed by atoms with van der Waals surface area (Å²) in [6.45, 7) is 2.51. The highest BCUT2D eigenvalue weighted by Crippen LogP contribution is 2.59. The molecule has 12 atom stereocenters. The highest BCUT2D eigenvalue weighted by molar-refractivity contribution is 7.79. The Kier molecular flexibility index (Phi) is 13.1. The van der Waals surface area contributed by atoms with Crippen LogP contribution in [0.5, 0.6) is 11.5 Å². The fourth-order valence-corrected chi connectivity index (χ4v) is 11.2. The number of ketones is 4. The first-order chi connectivity index (χ1) is 32.4. The van der Waals surface area contributed by atoms with Crippen LogP contribution in [-0.2, 0) is 50.4 Å². The third-order valence-electron chi connectivity index (χ3n) is 14.1. The molecule has 2 aromatic carbocycles. The van der Waals surface area contributed by atoms with Crippen molar-refractivity contribution in [1.82, 2.24) is 9.80 Å². The number of primary amides is 2. The first-order valence-electron chi connectivity index (χ1n) is 20.9. The van der Waals surface area contributed by atoms with Crippen LogP contribution in [-0.4, -0.2) is 187 Å². The lowest BCUT2D eigenvalue weighted by atomic mass is 9.53. The van der Waals surface area contributed by atoms with Gasteiger partial charge in [0.1, 0.15) is 45.7 Å². The summed E-state index contributed by atoms with van der Waals surface area (Å²) in [6, 6.07) is 5.00. The average Bonchev–Trinajstić information content (AvgIpc) is 3.23. The molecule has 2 saturated carbocycles. The topological polar surface area (TPSA) is 478 Å². The monoisotopic (exact) mass is 1020 g/mol. The van der Waals surface area contributed by atoms with Gasteiger partial charge in [0, 0.05) is 0 Å². The molecule has 71 heavy (non-hydrogen) atoms. The van der Waals surface area contributed by atoms with Crippen LogP contribution in [0.3, 0.4) is 0 Å². The van der Waals surface area contributed by atoms with E-state index in [1.165, 1.54) is 88.2 Å². The van der Waals surface area contributed by atoms with Gasteiger partial charge in [-0.05, 0) is 65.3 Å². The van der Waals surface area contributed by atoms with E-state index < -0.39 is 173 Å². The van der Waals surface area contributed by atoms with E-state index in [9.17, 15) is 90.0 Å². The predicted octanol–water partition coefficient (Wildman–Crippen LogP) is -3.45. The minimum atomic E-state index is -4.67. The van der Waals surface area contributed by atoms with E-state index in [4.69, 9.17) is 29.0 Å². The number of carbonyl (C=O) groups is 6. The zero-order valence-electron chi connectivity index (χ0n) is 38.1. The van der Waals surface area contributed by atoms with Crippen molar-refractivity contribution in [1.29, 1.82) is 0 Å². The minimum Gasteiger partial charge on any atom is -0.508 e. The Labute approximate surface area is 401 Å². The number of fused-ring (bicyclic) bond motifs is 6. The van der Waals surface area contributed by atoms with Gasteiger partial charge in [-0.2, -0.15) is 8.42 Å². The molecule has 18 N–H and O–H groups in total. The molecule has 6 aliphatic rings. The zero-order valence-corrected chi connectivity index (χ0v) is 38.9. The molecule has 0 aromatic heterocycles. The summed E-state index contributed by atoms with van der Waals surface area (Å²) in [5.41, 5.74) is -3.55. The molecule has 27 heteroatoms. The summed E-state index contributed by atoms with van der Waals surface area (Å²) in [4.78, 5) is 79.9. The summed E-state index contributed by atoms with van der Waals surface area (Å²) in [7, 11) is 0.930. The third kappa shape index (κ3) is 7.59. The van der Waals surface area contributed by atoms with Crippen LogP contribution in [0.4, 0.5) is 0 Å². The van der Waals surface area contributed by atoms with E-state index in [-0.39, 0.29) is 22.3 Å². The second kappa shape index (κ2) is 17.3. The van der Waals surface area contributed by atoms with E-state index in [1.54, 1.807) is 0 Å². The van der Waals surface area contributed by atoms with E-state index in [1.807, 2.05) is 0 Å². The number of phenols is 2. The molecule has 2 amide bonds. The number of likely N-dealkylation sites (N-methyl/N-ethyl adjacent to an activating group) is 2. The molecule has 0 spiro atoms. The van der Waals surface area contributed by atoms with Gasteiger partial charge in [-0.25, -0.2) is 0 Å². The number of aromatic hydroxyl groups is 2. The summed E-state index contributed by atoms with van der Waals surface area (Å²) < 4.78 is 31.6. The smallest absolute Gasteiger partial charge is 0.394 e. The van der Waals surface area contributed by atoms with Gasteiger partial charge < -0.3 is 72.7 Å². The van der Waals surface area contributed by atoms with Gasteiger partial charge in [0.2, 0.25) is 11.6 Å². The largest absolute Gasteiger partial charge is 0.508 e. The Balaban J connectivity index is 0.000000212. The van der Waals surface area contributed by atoms with E-state index in [0.29, 0.717) is 0 Å². The number of nitrogens with two attached hydrogens (primary N) is 2. The Morgan fingerprint density at radius 2 is 0.859 bits per heavy atom. The molecular formula is C44H50N4O22S. The molecular weight excluding hydrogens is 969 g/mol. The number of hydrogen-bond donors (Lipinski definition) is 16. The third-order valence-corrected chi connectivity index (χ3v) is 14.1. The lowest BCUT2D eigenvalue weighted by Gasteiger charge is -2.55. The van der Waals surface area contributed by atoms with E-state index in [2.05, 4.69) is 0 Å². The van der Waals surface area contributed by atoms with Crippen molar-refractivity contribution in [3.63, 3.8) is 0 Å². The van der Waals surface area contributed by atoms with Crippen molar-refractivity contribution in [2.24, 2.45) is 35.1 Å². The number of phenolic OH excluding ortho intramolecular Hbond substituents is 2. The lowest BCUT2D eigenvalue weighted by Crippen LogP contribution is -2.71. The van der Waals surface area contributed by atoms with Crippen molar-refractivity contribution < 1.29 is 108 Å². The van der Waals surface area contributed by atoms with Gasteiger partial charge in [0.25, 0.3) is 11.8 Å². The van der Waals surface area contributed by atoms with Crippen LogP contribution in [0.15, 0.2) is 70.2 Å². The van der Waals surface area contributed by atoms with E-state index in [0.717, 1.165) is 0 Å². The highest BCUT2D eigenvalue weighted by Gasteiger charge is 2.72. The number of benzene rings is 2. The minimum absolute atomic E-state index is 0.00664. The van der Waals surface area contributed by atoms with Gasteiger partial charge in [-0.1, -0.05) is 24.3 Å². The molecule has 2 aromatic rings. The molecule has 8 rings (SSSR count). The average molecular weight is 1020 g/mol. The lowest BCUT2D eigenvalue weighted by molar-refractivity contribution is -0.181. The molecule has 0 saturated heterocycles. The van der Waals surface area contributed by atoms with Gasteiger partial charge in [-0.15, -0.1) is 0 Å². The SMILES string of the molecule is CN(C)[C@@H]1C(=O)C(C(N)=O)=C(O)[C@@]2(O)C(=O)C3=C(O)c4c(O)cccc4[C@@](C)(O)[C@H]3[C@H](O)[C@@H]12.CN(C)[C@@H]1C(=O)C(C(N)=O)=C(O)[C@@]2(O)C(=O)C3=C(O)c4c(O)cccc4[C@@](C)(O)[C@H]3[C@H](O)[C@@H]12.O=S(=O)(O)O. The Morgan fingerprint density at radius 1 is 0.577 bits per heavy atom. The fourth-order valence-electron chi connectivity index (χ4n) is 11.2. The van der Waals surface area contributed by atoms with Crippen LogP contribution >= 0.6 is 0 Å². The molecule has 6 aliphatic carbocycles. The number of Topliss-reactive ketones (excluding diaryl/α,β-unsaturated/α-hetero) is 4. The number of carbonyl (C=O) groups excluding carboxylic acids is 6. The maximum absolute atomic E-state index is 13.7. The first-order valence-corrected chi connectivity index (χ1v) is 22.3. The summed E-state index contributed by atoms with van der Waals surface area (Å²) in [6.07, 6.45) is -3.74. The van der Waals surface area contributed by atoms with Crippen molar-refractivity contribution in [3.05, 3.63) is 92.5 Å². The van der Waals surface area contributed by atoms with Crippen LogP contribution in [0.25, 0.3) is 11.5 Å². The van der Waals surface area contributed by atoms with Crippen LogP contribution in [0, 0.1) is 23.7 Å². The normalized spacial score (nSPS) is 34.3. The van der Waals surface area contributed by atoms with Crippen molar-refractivity contribution in [2.75, 3.05) is 28.2 Å². The maximum Gasteiger partial charge on any atom is 0.394 e. The Morgan fingerprint density at radius 3 is 1.11 bits per heavy atom. The van der Waals surface area contributed by atoms with Crippen LogP contribution < -0.4 is 11.5 Å². The summed E-state index contributed by atoms with van der Waals surface area (Å²) in [5.74, 6) is -19.3. The number of aliphatic hydroxyl groups is 10. The van der Waals surface area contributed by atoms with Crippen molar-refractivity contribution >= 4 is 56.9 Å². The number of nitrogens with zero attached hydrogens (tertiary/aromatic N) is 2. The second-order valence-corrected chi connectivity index (χ2v) is 19.5. The molecule has 0 unspecified atom stereocenters.